The van der Waals surface area contributed by atoms with E-state index in [1.165, 1.54) is 0 Å². The Hall–Kier alpha value is -0.460. The van der Waals surface area contributed by atoms with Crippen LogP contribution < -0.4 is 0 Å². The van der Waals surface area contributed by atoms with E-state index in [1.807, 2.05) is 0 Å². The maximum Gasteiger partial charge on any atom is 0.364 e. The van der Waals surface area contributed by atoms with Gasteiger partial charge >= 0.3 is 6.11 Å². The van der Waals surface area contributed by atoms with E-state index < -0.39 is 48.7 Å². The third-order valence-corrected chi connectivity index (χ3v) is 6.47. The van der Waals surface area contributed by atoms with E-state index in [0.29, 0.717) is 19.3 Å². The number of halogens is 6. The molecule has 0 bridgehead atoms. The quantitative estimate of drug-likeness (QED) is 0.530. The molecule has 7 heteroatoms. The van der Waals surface area contributed by atoms with Gasteiger partial charge in [-0.3, -0.25) is 0 Å². The summed E-state index contributed by atoms with van der Waals surface area (Å²) in [5.74, 6) is -2.66. The van der Waals surface area contributed by atoms with Crippen molar-refractivity contribution < 1.29 is 31.1 Å². The molecule has 0 aromatic rings. The number of alkyl halides is 6. The second-order valence-corrected chi connectivity index (χ2v) is 8.37. The normalized spacial score (nSPS) is 45.5. The van der Waals surface area contributed by atoms with Crippen molar-refractivity contribution >= 4 is 0 Å². The van der Waals surface area contributed by atoms with Gasteiger partial charge in [-0.1, -0.05) is 6.42 Å². The first-order valence-corrected chi connectivity index (χ1v) is 9.88. The molecule has 1 nitrogen and oxygen atoms in total. The molecular weight excluding hydrogens is 358 g/mol. The summed E-state index contributed by atoms with van der Waals surface area (Å²) in [4.78, 5) is 0. The van der Waals surface area contributed by atoms with Crippen molar-refractivity contribution in [2.24, 2.45) is 17.8 Å². The minimum Gasteiger partial charge on any atom is -0.317 e. The molecule has 0 aliphatic heterocycles. The molecule has 0 aromatic carbocycles. The summed E-state index contributed by atoms with van der Waals surface area (Å²) >= 11 is 0. The highest BCUT2D eigenvalue weighted by Gasteiger charge is 2.56. The molecule has 4 atom stereocenters. The molecular formula is C19H28F6O. The van der Waals surface area contributed by atoms with Crippen molar-refractivity contribution in [3.05, 3.63) is 0 Å². The van der Waals surface area contributed by atoms with Gasteiger partial charge in [-0.2, -0.15) is 8.78 Å². The largest absolute Gasteiger partial charge is 0.364 e. The Morgan fingerprint density at radius 3 is 1.85 bits per heavy atom. The topological polar surface area (TPSA) is 9.23 Å². The van der Waals surface area contributed by atoms with Gasteiger partial charge in [0.25, 0.3) is 0 Å². The maximum atomic E-state index is 14.6. The molecule has 3 fully saturated rings. The lowest BCUT2D eigenvalue weighted by atomic mass is 9.69. The molecule has 0 N–H and O–H groups in total. The first-order chi connectivity index (χ1) is 12.3. The van der Waals surface area contributed by atoms with Gasteiger partial charge in [0.15, 0.2) is 0 Å². The molecule has 0 spiro atoms. The van der Waals surface area contributed by atoms with E-state index >= 15 is 0 Å². The Kier molecular flexibility index (Phi) is 6.45. The van der Waals surface area contributed by atoms with Gasteiger partial charge in [-0.15, -0.1) is 0 Å². The van der Waals surface area contributed by atoms with Gasteiger partial charge in [0, 0.05) is 0 Å². The first-order valence-electron chi connectivity index (χ1n) is 9.88. The predicted molar refractivity (Wildman–Crippen MR) is 86.0 cm³/mol. The van der Waals surface area contributed by atoms with Crippen LogP contribution in [-0.4, -0.2) is 36.9 Å². The van der Waals surface area contributed by atoms with Crippen LogP contribution in [0.5, 0.6) is 0 Å². The van der Waals surface area contributed by atoms with Gasteiger partial charge in [-0.25, -0.2) is 17.6 Å². The fourth-order valence-corrected chi connectivity index (χ4v) is 5.04. The molecule has 3 saturated carbocycles. The summed E-state index contributed by atoms with van der Waals surface area (Å²) in [5.41, 5.74) is 0. The summed E-state index contributed by atoms with van der Waals surface area (Å²) in [6, 6.07) is 0. The summed E-state index contributed by atoms with van der Waals surface area (Å²) in [6.07, 6.45) is -8.45. The van der Waals surface area contributed by atoms with Crippen molar-refractivity contribution in [2.75, 3.05) is 0 Å². The second-order valence-electron chi connectivity index (χ2n) is 8.37. The molecule has 4 unspecified atom stereocenters. The zero-order valence-electron chi connectivity index (χ0n) is 14.9. The Morgan fingerprint density at radius 2 is 1.27 bits per heavy atom. The SMILES string of the molecule is FC1CCC(OC(F)(F)C2C(F)CC(C3CCCC(F)C3)CC2F)CC1. The van der Waals surface area contributed by atoms with E-state index in [2.05, 4.69) is 0 Å². The highest BCUT2D eigenvalue weighted by atomic mass is 19.3. The van der Waals surface area contributed by atoms with Gasteiger partial charge in [0.05, 0.1) is 6.10 Å². The van der Waals surface area contributed by atoms with E-state index in [1.54, 1.807) is 0 Å². The Balaban J connectivity index is 1.59. The maximum absolute atomic E-state index is 14.6. The van der Waals surface area contributed by atoms with Gasteiger partial charge in [0.2, 0.25) is 0 Å². The van der Waals surface area contributed by atoms with E-state index in [0.717, 1.165) is 0 Å². The molecule has 0 amide bonds. The number of hydrogen-bond acceptors (Lipinski definition) is 1. The van der Waals surface area contributed by atoms with Crippen LogP contribution in [0, 0.1) is 17.8 Å². The first kappa shape index (κ1) is 20.3. The molecule has 3 rings (SSSR count). The smallest absolute Gasteiger partial charge is 0.317 e. The zero-order chi connectivity index (χ0) is 18.9. The van der Waals surface area contributed by atoms with Crippen LogP contribution in [0.4, 0.5) is 26.3 Å². The van der Waals surface area contributed by atoms with Crippen molar-refractivity contribution in [1.29, 1.82) is 0 Å². The molecule has 0 heterocycles. The number of ether oxygens (including phenoxy) is 1. The molecule has 152 valence electrons. The number of hydrogen-bond donors (Lipinski definition) is 0. The summed E-state index contributed by atoms with van der Waals surface area (Å²) in [6.45, 7) is 0. The van der Waals surface area contributed by atoms with Gasteiger partial charge < -0.3 is 4.74 Å². The van der Waals surface area contributed by atoms with Crippen LogP contribution in [0.25, 0.3) is 0 Å². The molecule has 26 heavy (non-hydrogen) atoms. The van der Waals surface area contributed by atoms with Crippen molar-refractivity contribution in [3.8, 4) is 0 Å². The molecule has 0 radical (unpaired) electrons. The van der Waals surface area contributed by atoms with Crippen molar-refractivity contribution in [2.45, 2.75) is 101 Å². The summed E-state index contributed by atoms with van der Waals surface area (Å²) in [7, 11) is 0. The van der Waals surface area contributed by atoms with Crippen LogP contribution in [0.3, 0.4) is 0 Å². The van der Waals surface area contributed by atoms with Crippen LogP contribution in [-0.2, 0) is 4.74 Å². The predicted octanol–water partition coefficient (Wildman–Crippen LogP) is 6.11. The van der Waals surface area contributed by atoms with E-state index in [-0.39, 0.29) is 50.9 Å². The van der Waals surface area contributed by atoms with Crippen LogP contribution >= 0.6 is 0 Å². The lowest BCUT2D eigenvalue weighted by molar-refractivity contribution is -0.320. The fourth-order valence-electron chi connectivity index (χ4n) is 5.04. The minimum absolute atomic E-state index is 0.134. The Labute approximate surface area is 150 Å². The fraction of sp³-hybridized carbons (Fsp3) is 1.00. The summed E-state index contributed by atoms with van der Waals surface area (Å²) < 4.78 is 89.5. The molecule has 0 aromatic heterocycles. The standard InChI is InChI=1S/C19H28F6O/c20-13-4-6-15(7-5-13)26-19(24,25)18-16(22)9-12(10-17(18)23)11-2-1-3-14(21)8-11/h11-18H,1-10H2. The van der Waals surface area contributed by atoms with E-state index in [4.69, 9.17) is 4.74 Å². The van der Waals surface area contributed by atoms with Gasteiger partial charge in [0.1, 0.15) is 30.6 Å². The Morgan fingerprint density at radius 1 is 0.654 bits per heavy atom. The zero-order valence-corrected chi connectivity index (χ0v) is 14.9. The van der Waals surface area contributed by atoms with Crippen molar-refractivity contribution in [3.63, 3.8) is 0 Å². The lowest BCUT2D eigenvalue weighted by Gasteiger charge is -2.43. The highest BCUT2D eigenvalue weighted by Crippen LogP contribution is 2.48. The molecule has 3 aliphatic rings. The van der Waals surface area contributed by atoms with Gasteiger partial charge in [-0.05, 0) is 69.6 Å². The summed E-state index contributed by atoms with van der Waals surface area (Å²) in [5, 5.41) is 0. The molecule has 3 aliphatic carbocycles. The third kappa shape index (κ3) is 4.68. The van der Waals surface area contributed by atoms with Crippen molar-refractivity contribution in [1.82, 2.24) is 0 Å². The third-order valence-electron chi connectivity index (χ3n) is 6.47. The number of rotatable bonds is 4. The van der Waals surface area contributed by atoms with E-state index in [9.17, 15) is 26.3 Å². The second kappa shape index (κ2) is 8.27. The highest BCUT2D eigenvalue weighted by molar-refractivity contribution is 4.94. The van der Waals surface area contributed by atoms with Crippen LogP contribution in [0.15, 0.2) is 0 Å². The minimum atomic E-state index is -3.91. The molecule has 0 saturated heterocycles. The lowest BCUT2D eigenvalue weighted by Crippen LogP contribution is -2.50. The van der Waals surface area contributed by atoms with Crippen LogP contribution in [0.2, 0.25) is 0 Å². The van der Waals surface area contributed by atoms with Crippen LogP contribution in [0.1, 0.15) is 64.2 Å². The monoisotopic (exact) mass is 386 g/mol. The average Bonchev–Trinajstić information content (AvgIpc) is 2.56. The Bertz CT molecular complexity index is 441. The average molecular weight is 386 g/mol.